The van der Waals surface area contributed by atoms with Crippen molar-refractivity contribution in [2.24, 2.45) is 0 Å². The first kappa shape index (κ1) is 13.4. The van der Waals surface area contributed by atoms with Crippen molar-refractivity contribution in [3.63, 3.8) is 0 Å². The molecule has 1 aliphatic carbocycles. The highest BCUT2D eigenvalue weighted by atomic mass is 79.9. The molecule has 1 spiro atoms. The summed E-state index contributed by atoms with van der Waals surface area (Å²) in [6, 6.07) is 2.17. The van der Waals surface area contributed by atoms with Gasteiger partial charge < -0.3 is 9.64 Å². The summed E-state index contributed by atoms with van der Waals surface area (Å²) in [6.45, 7) is 4.90. The van der Waals surface area contributed by atoms with E-state index in [1.807, 2.05) is 6.20 Å². The van der Waals surface area contributed by atoms with Crippen LogP contribution in [0.4, 0.5) is 5.82 Å². The molecule has 2 aliphatic rings. The van der Waals surface area contributed by atoms with Crippen molar-refractivity contribution in [3.8, 4) is 0 Å². The predicted octanol–water partition coefficient (Wildman–Crippen LogP) is 3.69. The maximum atomic E-state index is 6.13. The third-order valence-corrected chi connectivity index (χ3v) is 5.20. The Morgan fingerprint density at radius 2 is 2.11 bits per heavy atom. The second kappa shape index (κ2) is 5.41. The molecule has 3 nitrogen and oxygen atoms in total. The van der Waals surface area contributed by atoms with Gasteiger partial charge in [0.25, 0.3) is 0 Å². The lowest BCUT2D eigenvalue weighted by molar-refractivity contribution is -0.0783. The maximum Gasteiger partial charge on any atom is 0.128 e. The fourth-order valence-electron chi connectivity index (χ4n) is 3.24. The van der Waals surface area contributed by atoms with E-state index in [0.29, 0.717) is 0 Å². The minimum Gasteiger partial charge on any atom is -0.371 e. The molecule has 0 amide bonds. The van der Waals surface area contributed by atoms with E-state index in [1.165, 1.54) is 37.7 Å². The standard InChI is InChI=1S/C15H21BrN2O/c1-12-9-14(17-10-13(12)16)18-7-8-19-15(11-18)5-3-2-4-6-15/h9-10H,2-8,11H2,1H3. The summed E-state index contributed by atoms with van der Waals surface area (Å²) in [4.78, 5) is 6.96. The lowest BCUT2D eigenvalue weighted by Gasteiger charge is -2.45. The van der Waals surface area contributed by atoms with Gasteiger partial charge in [0.05, 0.1) is 12.2 Å². The first-order chi connectivity index (χ1) is 9.19. The van der Waals surface area contributed by atoms with E-state index in [4.69, 9.17) is 4.74 Å². The van der Waals surface area contributed by atoms with Crippen LogP contribution < -0.4 is 4.90 Å². The van der Waals surface area contributed by atoms with Crippen molar-refractivity contribution in [2.75, 3.05) is 24.6 Å². The third kappa shape index (κ3) is 2.79. The number of hydrogen-bond acceptors (Lipinski definition) is 3. The van der Waals surface area contributed by atoms with Crippen LogP contribution in [0.2, 0.25) is 0 Å². The Labute approximate surface area is 123 Å². The highest BCUT2D eigenvalue weighted by Gasteiger charge is 2.38. The summed E-state index contributed by atoms with van der Waals surface area (Å²) in [5.74, 6) is 1.09. The lowest BCUT2D eigenvalue weighted by atomic mass is 9.83. The fraction of sp³-hybridized carbons (Fsp3) is 0.667. The Hall–Kier alpha value is -0.610. The van der Waals surface area contributed by atoms with Gasteiger partial charge in [0.15, 0.2) is 0 Å². The number of ether oxygens (including phenoxy) is 1. The number of hydrogen-bond donors (Lipinski definition) is 0. The van der Waals surface area contributed by atoms with E-state index >= 15 is 0 Å². The van der Waals surface area contributed by atoms with Gasteiger partial charge in [-0.1, -0.05) is 19.3 Å². The van der Waals surface area contributed by atoms with Gasteiger partial charge in [-0.3, -0.25) is 0 Å². The smallest absolute Gasteiger partial charge is 0.128 e. The molecular formula is C15H21BrN2O. The zero-order chi connectivity index (χ0) is 13.3. The number of halogens is 1. The summed E-state index contributed by atoms with van der Waals surface area (Å²) in [7, 11) is 0. The first-order valence-corrected chi connectivity index (χ1v) is 7.99. The molecule has 0 bridgehead atoms. The molecule has 1 aromatic rings. The molecule has 0 radical (unpaired) electrons. The molecule has 0 N–H and O–H groups in total. The van der Waals surface area contributed by atoms with Crippen molar-refractivity contribution >= 4 is 21.7 Å². The van der Waals surface area contributed by atoms with E-state index in [-0.39, 0.29) is 5.60 Å². The Bertz CT molecular complexity index is 452. The summed E-state index contributed by atoms with van der Waals surface area (Å²) in [6.07, 6.45) is 8.30. The maximum absolute atomic E-state index is 6.13. The van der Waals surface area contributed by atoms with Crippen LogP contribution in [0.15, 0.2) is 16.7 Å². The van der Waals surface area contributed by atoms with Crippen LogP contribution in [0.5, 0.6) is 0 Å². The summed E-state index contributed by atoms with van der Waals surface area (Å²) in [5, 5.41) is 0. The number of rotatable bonds is 1. The Morgan fingerprint density at radius 1 is 1.32 bits per heavy atom. The number of morpholine rings is 1. The van der Waals surface area contributed by atoms with Crippen molar-refractivity contribution < 1.29 is 4.74 Å². The number of pyridine rings is 1. The predicted molar refractivity (Wildman–Crippen MR) is 80.7 cm³/mol. The molecule has 0 unspecified atom stereocenters. The lowest BCUT2D eigenvalue weighted by Crippen LogP contribution is -2.53. The van der Waals surface area contributed by atoms with Crippen molar-refractivity contribution in [2.45, 2.75) is 44.6 Å². The molecule has 2 fully saturated rings. The molecule has 4 heteroatoms. The number of aryl methyl sites for hydroxylation is 1. The van der Waals surface area contributed by atoms with E-state index < -0.39 is 0 Å². The van der Waals surface area contributed by atoms with Crippen LogP contribution in [0.25, 0.3) is 0 Å². The summed E-state index contributed by atoms with van der Waals surface area (Å²) < 4.78 is 7.21. The highest BCUT2D eigenvalue weighted by molar-refractivity contribution is 9.10. The Kier molecular flexibility index (Phi) is 3.81. The van der Waals surface area contributed by atoms with Gasteiger partial charge in [-0.25, -0.2) is 4.98 Å². The van der Waals surface area contributed by atoms with Crippen LogP contribution in [0.3, 0.4) is 0 Å². The third-order valence-electron chi connectivity index (χ3n) is 4.37. The van der Waals surface area contributed by atoms with Crippen LogP contribution in [0, 0.1) is 6.92 Å². The molecule has 19 heavy (non-hydrogen) atoms. The molecule has 3 rings (SSSR count). The SMILES string of the molecule is Cc1cc(N2CCOC3(CCCCC3)C2)ncc1Br. The van der Waals surface area contributed by atoms with Crippen LogP contribution >= 0.6 is 15.9 Å². The largest absolute Gasteiger partial charge is 0.371 e. The Balaban J connectivity index is 1.78. The summed E-state index contributed by atoms with van der Waals surface area (Å²) in [5.41, 5.74) is 1.34. The van der Waals surface area contributed by atoms with E-state index in [0.717, 1.165) is 30.0 Å². The van der Waals surface area contributed by atoms with Gasteiger partial charge in [0, 0.05) is 23.8 Å². The number of aromatic nitrogens is 1. The molecule has 1 aromatic heterocycles. The zero-order valence-electron chi connectivity index (χ0n) is 11.5. The average molecular weight is 325 g/mol. The van der Waals surface area contributed by atoms with E-state index in [1.54, 1.807) is 0 Å². The molecule has 2 heterocycles. The Morgan fingerprint density at radius 3 is 2.84 bits per heavy atom. The molecule has 1 saturated heterocycles. The summed E-state index contributed by atoms with van der Waals surface area (Å²) >= 11 is 3.52. The highest BCUT2D eigenvalue weighted by Crippen LogP contribution is 2.35. The molecule has 1 aliphatic heterocycles. The van der Waals surface area contributed by atoms with Gasteiger partial charge in [-0.2, -0.15) is 0 Å². The minimum atomic E-state index is 0.0964. The quantitative estimate of drug-likeness (QED) is 0.787. The second-order valence-corrected chi connectivity index (χ2v) is 6.66. The number of anilines is 1. The first-order valence-electron chi connectivity index (χ1n) is 7.20. The molecular weight excluding hydrogens is 304 g/mol. The van der Waals surface area contributed by atoms with Crippen LogP contribution in [-0.2, 0) is 4.74 Å². The van der Waals surface area contributed by atoms with Gasteiger partial charge in [-0.15, -0.1) is 0 Å². The van der Waals surface area contributed by atoms with Crippen molar-refractivity contribution in [1.82, 2.24) is 4.98 Å². The van der Waals surface area contributed by atoms with Crippen molar-refractivity contribution in [1.29, 1.82) is 0 Å². The second-order valence-electron chi connectivity index (χ2n) is 5.81. The van der Waals surface area contributed by atoms with Crippen molar-refractivity contribution in [3.05, 3.63) is 22.3 Å². The monoisotopic (exact) mass is 324 g/mol. The molecule has 1 saturated carbocycles. The van der Waals surface area contributed by atoms with Gasteiger partial charge in [-0.05, 0) is 47.3 Å². The average Bonchev–Trinajstić information content (AvgIpc) is 2.43. The van der Waals surface area contributed by atoms with E-state index in [2.05, 4.69) is 38.8 Å². The van der Waals surface area contributed by atoms with Crippen LogP contribution in [0.1, 0.15) is 37.7 Å². The molecule has 104 valence electrons. The zero-order valence-corrected chi connectivity index (χ0v) is 13.1. The molecule has 0 aromatic carbocycles. The minimum absolute atomic E-state index is 0.0964. The van der Waals surface area contributed by atoms with E-state index in [9.17, 15) is 0 Å². The van der Waals surface area contributed by atoms with Gasteiger partial charge in [0.2, 0.25) is 0 Å². The van der Waals surface area contributed by atoms with Gasteiger partial charge >= 0.3 is 0 Å². The van der Waals surface area contributed by atoms with Gasteiger partial charge in [0.1, 0.15) is 5.82 Å². The van der Waals surface area contributed by atoms with Crippen LogP contribution in [-0.4, -0.2) is 30.3 Å². The normalized spacial score (nSPS) is 22.7. The number of nitrogens with zero attached hydrogens (tertiary/aromatic N) is 2. The molecule has 0 atom stereocenters. The fourth-order valence-corrected chi connectivity index (χ4v) is 3.45. The topological polar surface area (TPSA) is 25.4 Å².